The number of carbonyl (C=O) groups excluding carboxylic acids is 1. The Morgan fingerprint density at radius 2 is 1.91 bits per heavy atom. The normalized spacial score (nSPS) is 19.2. The molecule has 0 unspecified atom stereocenters. The number of piperidine rings is 1. The number of aliphatic imine (C=N–C) groups is 1. The molecule has 1 heterocycles. The van der Waals surface area contributed by atoms with E-state index in [9.17, 15) is 4.79 Å². The molecular weight excluding hydrogens is 406 g/mol. The van der Waals surface area contributed by atoms with E-state index >= 15 is 0 Å². The van der Waals surface area contributed by atoms with Gasteiger partial charge in [0.2, 0.25) is 0 Å². The summed E-state index contributed by atoms with van der Waals surface area (Å²) in [7, 11) is 3.94. The van der Waals surface area contributed by atoms with Gasteiger partial charge in [-0.3, -0.25) is 9.79 Å². The Balaban J connectivity index is 1.82. The molecule has 0 aromatic heterocycles. The Labute approximate surface area is 199 Å². The number of nitrogens with two attached hydrogens (primary N) is 1. The van der Waals surface area contributed by atoms with Crippen LogP contribution in [0.4, 0.5) is 0 Å². The van der Waals surface area contributed by atoms with Crippen molar-refractivity contribution in [1.29, 1.82) is 0 Å². The van der Waals surface area contributed by atoms with Gasteiger partial charge in [-0.25, -0.2) is 0 Å². The predicted octanol–water partition coefficient (Wildman–Crippen LogP) is 5.29. The molecule has 1 saturated heterocycles. The van der Waals surface area contributed by atoms with Gasteiger partial charge in [-0.1, -0.05) is 61.6 Å². The van der Waals surface area contributed by atoms with E-state index in [1.54, 1.807) is 13.1 Å². The summed E-state index contributed by atoms with van der Waals surface area (Å²) in [5.74, 6) is 0.761. The van der Waals surface area contributed by atoms with Crippen LogP contribution in [0.3, 0.4) is 0 Å². The molecular formula is C29H37N3O. The first kappa shape index (κ1) is 24.7. The van der Waals surface area contributed by atoms with Crippen LogP contribution >= 0.6 is 0 Å². The number of benzene rings is 1. The van der Waals surface area contributed by atoms with Crippen molar-refractivity contribution in [3.63, 3.8) is 0 Å². The smallest absolute Gasteiger partial charge is 0.152 e. The summed E-state index contributed by atoms with van der Waals surface area (Å²) in [6, 6.07) is 8.73. The van der Waals surface area contributed by atoms with E-state index < -0.39 is 0 Å². The molecule has 174 valence electrons. The average molecular weight is 444 g/mol. The minimum atomic E-state index is 0.463. The summed E-state index contributed by atoms with van der Waals surface area (Å²) in [5, 5.41) is 0. The zero-order valence-electron chi connectivity index (χ0n) is 20.3. The summed E-state index contributed by atoms with van der Waals surface area (Å²) >= 11 is 0. The average Bonchev–Trinajstić information content (AvgIpc) is 3.12. The fraction of sp³-hybridized carbons (Fsp3) is 0.379. The Morgan fingerprint density at radius 3 is 2.55 bits per heavy atom. The number of hydrogen-bond acceptors (Lipinski definition) is 4. The third-order valence-electron chi connectivity index (χ3n) is 6.59. The maximum atomic E-state index is 12.0. The first-order valence-electron chi connectivity index (χ1n) is 12.0. The van der Waals surface area contributed by atoms with Gasteiger partial charge < -0.3 is 10.6 Å². The van der Waals surface area contributed by atoms with Gasteiger partial charge in [0.05, 0.1) is 5.71 Å². The second-order valence-electron chi connectivity index (χ2n) is 8.91. The van der Waals surface area contributed by atoms with Crippen LogP contribution in [-0.4, -0.2) is 44.1 Å². The van der Waals surface area contributed by atoms with Crippen LogP contribution in [0, 0.1) is 5.92 Å². The third-order valence-corrected chi connectivity index (χ3v) is 6.59. The van der Waals surface area contributed by atoms with Crippen molar-refractivity contribution in [3.8, 4) is 0 Å². The van der Waals surface area contributed by atoms with Crippen LogP contribution in [0.1, 0.15) is 43.7 Å². The Hall–Kier alpha value is -2.98. The maximum Gasteiger partial charge on any atom is 0.152 e. The van der Waals surface area contributed by atoms with Crippen LogP contribution in [-0.2, 0) is 11.2 Å². The number of allylic oxidation sites excluding steroid dienone is 9. The summed E-state index contributed by atoms with van der Waals surface area (Å²) in [5.41, 5.74) is 12.7. The van der Waals surface area contributed by atoms with Crippen molar-refractivity contribution in [2.45, 2.75) is 39.0 Å². The zero-order valence-corrected chi connectivity index (χ0v) is 20.3. The van der Waals surface area contributed by atoms with Gasteiger partial charge in [-0.05, 0) is 86.5 Å². The molecule has 0 spiro atoms. The topological polar surface area (TPSA) is 58.7 Å². The molecule has 1 fully saturated rings. The van der Waals surface area contributed by atoms with Gasteiger partial charge in [0, 0.05) is 18.3 Å². The molecule has 4 heteroatoms. The van der Waals surface area contributed by atoms with Crippen molar-refractivity contribution in [2.75, 3.05) is 27.2 Å². The lowest BCUT2D eigenvalue weighted by atomic mass is 9.89. The minimum Gasteiger partial charge on any atom is -0.398 e. The fourth-order valence-corrected chi connectivity index (χ4v) is 4.52. The molecule has 0 radical (unpaired) electrons. The van der Waals surface area contributed by atoms with E-state index in [-0.39, 0.29) is 0 Å². The fourth-order valence-electron chi connectivity index (χ4n) is 4.52. The molecule has 0 saturated carbocycles. The second kappa shape index (κ2) is 12.3. The standard InChI is InChI=1S/C29H37N3O/c1-4-27(24-13-11-22(12-14-24)19-23-15-17-32(3)18-16-23)29(30)26(21-33)20-28(31-2)25-9-7-5-6-8-10-25/h5,7-14,20-21,23H,4,6,15-19,30H2,1-3H3/b26-20+,29-27-,31-28?. The van der Waals surface area contributed by atoms with Crippen LogP contribution in [0.2, 0.25) is 0 Å². The van der Waals surface area contributed by atoms with E-state index in [1.807, 2.05) is 18.2 Å². The minimum absolute atomic E-state index is 0.463. The van der Waals surface area contributed by atoms with E-state index in [1.165, 1.54) is 31.5 Å². The monoisotopic (exact) mass is 443 g/mol. The highest BCUT2D eigenvalue weighted by Crippen LogP contribution is 2.26. The molecule has 0 bridgehead atoms. The summed E-state index contributed by atoms with van der Waals surface area (Å²) in [4.78, 5) is 18.8. The molecule has 33 heavy (non-hydrogen) atoms. The Kier molecular flexibility index (Phi) is 9.20. The largest absolute Gasteiger partial charge is 0.398 e. The molecule has 2 N–H and O–H groups in total. The number of aldehydes is 1. The molecule has 1 aromatic rings. The number of nitrogens with zero attached hydrogens (tertiary/aromatic N) is 2. The van der Waals surface area contributed by atoms with Crippen LogP contribution in [0.5, 0.6) is 0 Å². The van der Waals surface area contributed by atoms with E-state index in [0.717, 1.165) is 53.9 Å². The van der Waals surface area contributed by atoms with Crippen LogP contribution in [0.15, 0.2) is 82.6 Å². The number of likely N-dealkylation sites (tertiary alicyclic amines) is 1. The Morgan fingerprint density at radius 1 is 1.18 bits per heavy atom. The number of carbonyl (C=O) groups is 1. The molecule has 1 aromatic carbocycles. The summed E-state index contributed by atoms with van der Waals surface area (Å²) in [6.45, 7) is 4.46. The quantitative estimate of drug-likeness (QED) is 0.257. The molecule has 1 aliphatic carbocycles. The lowest BCUT2D eigenvalue weighted by molar-refractivity contribution is -0.104. The van der Waals surface area contributed by atoms with Crippen LogP contribution in [0.25, 0.3) is 5.57 Å². The maximum absolute atomic E-state index is 12.0. The van der Waals surface area contributed by atoms with E-state index in [0.29, 0.717) is 11.3 Å². The highest BCUT2D eigenvalue weighted by molar-refractivity contribution is 6.13. The molecule has 3 rings (SSSR count). The van der Waals surface area contributed by atoms with E-state index in [2.05, 4.69) is 60.3 Å². The van der Waals surface area contributed by atoms with Crippen LogP contribution < -0.4 is 5.73 Å². The first-order valence-corrected chi connectivity index (χ1v) is 12.0. The highest BCUT2D eigenvalue weighted by Gasteiger charge is 2.17. The van der Waals surface area contributed by atoms with Crippen molar-refractivity contribution in [1.82, 2.24) is 4.90 Å². The van der Waals surface area contributed by atoms with E-state index in [4.69, 9.17) is 5.73 Å². The van der Waals surface area contributed by atoms with Gasteiger partial charge in [-0.2, -0.15) is 0 Å². The van der Waals surface area contributed by atoms with Gasteiger partial charge >= 0.3 is 0 Å². The second-order valence-corrected chi connectivity index (χ2v) is 8.91. The Bertz CT molecular complexity index is 998. The number of hydrogen-bond donors (Lipinski definition) is 1. The predicted molar refractivity (Wildman–Crippen MR) is 140 cm³/mol. The lowest BCUT2D eigenvalue weighted by Crippen LogP contribution is -2.30. The highest BCUT2D eigenvalue weighted by atomic mass is 16.1. The molecule has 0 atom stereocenters. The van der Waals surface area contributed by atoms with Crippen molar-refractivity contribution < 1.29 is 4.79 Å². The van der Waals surface area contributed by atoms with Crippen molar-refractivity contribution in [2.24, 2.45) is 16.6 Å². The first-order chi connectivity index (χ1) is 16.0. The van der Waals surface area contributed by atoms with Gasteiger partial charge in [0.15, 0.2) is 6.29 Å². The molecule has 1 aliphatic heterocycles. The van der Waals surface area contributed by atoms with Crippen molar-refractivity contribution in [3.05, 3.63) is 88.7 Å². The summed E-state index contributed by atoms with van der Waals surface area (Å²) < 4.78 is 0. The molecule has 4 nitrogen and oxygen atoms in total. The third kappa shape index (κ3) is 6.75. The van der Waals surface area contributed by atoms with Gasteiger partial charge in [0.1, 0.15) is 0 Å². The zero-order chi connectivity index (χ0) is 23.6. The lowest BCUT2D eigenvalue weighted by Gasteiger charge is -2.29. The SMILES string of the molecule is CC/C(=C(N)\C(C=O)=C\C(=NC)C1=CC=CCC=C1)c1ccc(CC2CCN(C)CC2)cc1. The van der Waals surface area contributed by atoms with Gasteiger partial charge in [0.25, 0.3) is 0 Å². The number of rotatable bonds is 8. The van der Waals surface area contributed by atoms with Gasteiger partial charge in [-0.15, -0.1) is 0 Å². The van der Waals surface area contributed by atoms with Crippen molar-refractivity contribution >= 4 is 17.6 Å². The molecule has 2 aliphatic rings. The summed E-state index contributed by atoms with van der Waals surface area (Å²) in [6.07, 6.45) is 18.1. The molecule has 0 amide bonds.